The number of aldehydes is 1. The predicted octanol–water partition coefficient (Wildman–Crippen LogP) is 5.82. The number of hydrogen-bond donors (Lipinski definition) is 2. The molecule has 1 aliphatic heterocycles. The lowest BCUT2D eigenvalue weighted by Crippen LogP contribution is -2.42. The van der Waals surface area contributed by atoms with Crippen molar-refractivity contribution in [3.8, 4) is 0 Å². The quantitative estimate of drug-likeness (QED) is 0.404. The van der Waals surface area contributed by atoms with E-state index >= 15 is 0 Å². The van der Waals surface area contributed by atoms with Crippen LogP contribution in [0.15, 0.2) is 67.0 Å². The van der Waals surface area contributed by atoms with Gasteiger partial charge in [-0.05, 0) is 54.6 Å². The fraction of sp³-hybridized carbons (Fsp3) is 0.269. The maximum atomic E-state index is 12.3. The van der Waals surface area contributed by atoms with Gasteiger partial charge in [0.05, 0.1) is 16.5 Å². The summed E-state index contributed by atoms with van der Waals surface area (Å²) in [6.07, 6.45) is 6.56. The van der Waals surface area contributed by atoms with E-state index in [4.69, 9.17) is 11.6 Å². The summed E-state index contributed by atoms with van der Waals surface area (Å²) in [5, 5.41) is 6.40. The van der Waals surface area contributed by atoms with E-state index in [1.807, 2.05) is 12.1 Å². The second-order valence-corrected chi connectivity index (χ2v) is 9.38. The predicted molar refractivity (Wildman–Crippen MR) is 146 cm³/mol. The highest BCUT2D eigenvalue weighted by molar-refractivity contribution is 7.88. The molecule has 7 nitrogen and oxygen atoms in total. The van der Waals surface area contributed by atoms with Gasteiger partial charge in [-0.2, -0.15) is 0 Å². The molecule has 3 aromatic rings. The molecule has 1 atom stereocenters. The number of nitrogens with one attached hydrogen (secondary N) is 2. The third-order valence-corrected chi connectivity index (χ3v) is 6.69. The minimum absolute atomic E-state index is 0.203. The molecule has 1 amide bonds. The topological polar surface area (TPSA) is 91.4 Å². The van der Waals surface area contributed by atoms with Crippen molar-refractivity contribution in [3.63, 3.8) is 0 Å². The summed E-state index contributed by atoms with van der Waals surface area (Å²) in [5.41, 5.74) is 3.44. The summed E-state index contributed by atoms with van der Waals surface area (Å²) in [4.78, 5) is 26.0. The number of hydrogen-bond acceptors (Lipinski definition) is 5. The van der Waals surface area contributed by atoms with Gasteiger partial charge in [0, 0.05) is 48.5 Å². The van der Waals surface area contributed by atoms with Crippen LogP contribution in [0.3, 0.4) is 0 Å². The van der Waals surface area contributed by atoms with E-state index < -0.39 is 11.0 Å². The highest BCUT2D eigenvalue weighted by atomic mass is 35.5. The number of carbonyl (C=O) groups excluding carboxylic acids is 2. The van der Waals surface area contributed by atoms with Crippen molar-refractivity contribution in [1.29, 1.82) is 0 Å². The fourth-order valence-corrected chi connectivity index (χ4v) is 3.81. The third kappa shape index (κ3) is 8.81. The van der Waals surface area contributed by atoms with E-state index in [9.17, 15) is 13.8 Å². The molecule has 1 saturated heterocycles. The first-order valence-electron chi connectivity index (χ1n) is 11.3. The first-order valence-corrected chi connectivity index (χ1v) is 13.0. The second kappa shape index (κ2) is 14.9. The number of amides is 1. The van der Waals surface area contributed by atoms with Crippen LogP contribution in [0.4, 0.5) is 17.1 Å². The lowest BCUT2D eigenvalue weighted by atomic mass is 10.2. The van der Waals surface area contributed by atoms with Crippen molar-refractivity contribution in [2.45, 2.75) is 26.7 Å². The molecule has 0 saturated carbocycles. The molecule has 35 heavy (non-hydrogen) atoms. The van der Waals surface area contributed by atoms with Crippen LogP contribution in [-0.2, 0) is 11.0 Å². The number of carbonyl (C=O) groups is 2. The van der Waals surface area contributed by atoms with Crippen LogP contribution in [0.2, 0.25) is 5.02 Å². The zero-order valence-corrected chi connectivity index (χ0v) is 21.7. The van der Waals surface area contributed by atoms with Crippen molar-refractivity contribution in [2.24, 2.45) is 0 Å². The first kappa shape index (κ1) is 28.0. The number of anilines is 3. The molecule has 186 valence electrons. The van der Waals surface area contributed by atoms with Crippen LogP contribution in [-0.4, -0.2) is 40.7 Å². The summed E-state index contributed by atoms with van der Waals surface area (Å²) in [5.74, 6) is 0.498. The standard InChI is InChI=1S/C16H16ClN3O2S.C6H5NO.C4H10/c1-18-15-10-12(4-7-14(15)17)19-16(21)11-2-5-13(6-3-11)20-8-9-23(20)22;8-5-6-2-1-3-7-4-6;1-3-4-2/h2-7,10,18H,8-9H2,1H3,(H,19,21);1-5H;3-4H2,1-2H3. The molecule has 9 heteroatoms. The molecule has 0 aliphatic carbocycles. The fourth-order valence-electron chi connectivity index (χ4n) is 2.73. The van der Waals surface area contributed by atoms with Crippen LogP contribution >= 0.6 is 11.6 Å². The number of pyridine rings is 1. The Morgan fingerprint density at radius 3 is 2.31 bits per heavy atom. The van der Waals surface area contributed by atoms with Gasteiger partial charge in [0.15, 0.2) is 6.29 Å². The largest absolute Gasteiger partial charge is 0.387 e. The monoisotopic (exact) mass is 514 g/mol. The third-order valence-electron chi connectivity index (χ3n) is 4.95. The van der Waals surface area contributed by atoms with Gasteiger partial charge in [0.25, 0.3) is 5.91 Å². The van der Waals surface area contributed by atoms with Gasteiger partial charge < -0.3 is 10.6 Å². The molecule has 0 spiro atoms. The Morgan fingerprint density at radius 2 is 1.86 bits per heavy atom. The normalized spacial score (nSPS) is 13.7. The number of halogens is 1. The number of nitrogens with zero attached hydrogens (tertiary/aromatic N) is 2. The summed E-state index contributed by atoms with van der Waals surface area (Å²) in [6.45, 7) is 5.15. The average Bonchev–Trinajstić information content (AvgIpc) is 2.90. The molecule has 0 bridgehead atoms. The van der Waals surface area contributed by atoms with Crippen molar-refractivity contribution in [2.75, 3.05) is 34.3 Å². The molecule has 1 unspecified atom stereocenters. The Kier molecular flexibility index (Phi) is 11.9. The second-order valence-electron chi connectivity index (χ2n) is 7.48. The molecule has 1 aromatic heterocycles. The molecule has 1 fully saturated rings. The van der Waals surface area contributed by atoms with Gasteiger partial charge in [0.2, 0.25) is 0 Å². The van der Waals surface area contributed by atoms with Crippen LogP contribution in [0.25, 0.3) is 0 Å². The van der Waals surface area contributed by atoms with Gasteiger partial charge in [-0.25, -0.2) is 4.21 Å². The number of unbranched alkanes of at least 4 members (excludes halogenated alkanes) is 1. The van der Waals surface area contributed by atoms with E-state index in [0.29, 0.717) is 27.6 Å². The van der Waals surface area contributed by atoms with Gasteiger partial charge in [-0.15, -0.1) is 0 Å². The maximum Gasteiger partial charge on any atom is 0.255 e. The summed E-state index contributed by atoms with van der Waals surface area (Å²) in [6, 6.07) is 15.8. The minimum Gasteiger partial charge on any atom is -0.387 e. The van der Waals surface area contributed by atoms with E-state index in [0.717, 1.165) is 24.2 Å². The summed E-state index contributed by atoms with van der Waals surface area (Å²) in [7, 11) is 0.847. The first-order chi connectivity index (χ1) is 16.9. The Bertz CT molecular complexity index is 1110. The number of rotatable bonds is 6. The van der Waals surface area contributed by atoms with Crippen LogP contribution in [0.1, 0.15) is 47.4 Å². The zero-order chi connectivity index (χ0) is 25.6. The molecule has 0 radical (unpaired) electrons. The number of aromatic nitrogens is 1. The van der Waals surface area contributed by atoms with Gasteiger partial charge >= 0.3 is 0 Å². The van der Waals surface area contributed by atoms with E-state index in [-0.39, 0.29) is 5.91 Å². The molecule has 4 rings (SSSR count). The Hall–Kier alpha value is -3.23. The van der Waals surface area contributed by atoms with Crippen LogP contribution in [0.5, 0.6) is 0 Å². The minimum atomic E-state index is -0.922. The van der Waals surface area contributed by atoms with Crippen LogP contribution in [0, 0.1) is 0 Å². The Morgan fingerprint density at radius 1 is 1.14 bits per heavy atom. The highest BCUT2D eigenvalue weighted by Gasteiger charge is 2.23. The molecule has 2 aromatic carbocycles. The Labute approximate surface area is 214 Å². The van der Waals surface area contributed by atoms with Crippen molar-refractivity contribution in [1.82, 2.24) is 4.98 Å². The summed E-state index contributed by atoms with van der Waals surface area (Å²) >= 11 is 6.02. The summed E-state index contributed by atoms with van der Waals surface area (Å²) < 4.78 is 13.3. The van der Waals surface area contributed by atoms with Crippen molar-refractivity contribution >= 4 is 51.8 Å². The Balaban J connectivity index is 0.000000297. The molecule has 2 N–H and O–H groups in total. The van der Waals surface area contributed by atoms with E-state index in [1.54, 1.807) is 60.0 Å². The molecular formula is C26H31ClN4O3S. The van der Waals surface area contributed by atoms with Crippen molar-refractivity contribution < 1.29 is 13.8 Å². The molecule has 2 heterocycles. The number of benzene rings is 2. The highest BCUT2D eigenvalue weighted by Crippen LogP contribution is 2.26. The van der Waals surface area contributed by atoms with E-state index in [1.165, 1.54) is 19.0 Å². The average molecular weight is 515 g/mol. The lowest BCUT2D eigenvalue weighted by molar-refractivity contribution is 0.102. The molecule has 1 aliphatic rings. The SMILES string of the molecule is CCCC.CNc1cc(NC(=O)c2ccc(N3CCS3=O)cc2)ccc1Cl.O=Cc1cccnc1. The smallest absolute Gasteiger partial charge is 0.255 e. The van der Waals surface area contributed by atoms with Crippen molar-refractivity contribution in [3.05, 3.63) is 83.1 Å². The lowest BCUT2D eigenvalue weighted by Gasteiger charge is -2.31. The maximum absolute atomic E-state index is 12.3. The van der Waals surface area contributed by atoms with E-state index in [2.05, 4.69) is 29.5 Å². The molecular weight excluding hydrogens is 484 g/mol. The zero-order valence-electron chi connectivity index (χ0n) is 20.2. The van der Waals surface area contributed by atoms with Crippen LogP contribution < -0.4 is 14.9 Å². The van der Waals surface area contributed by atoms with Gasteiger partial charge in [0.1, 0.15) is 11.0 Å². The van der Waals surface area contributed by atoms with Gasteiger partial charge in [-0.1, -0.05) is 38.3 Å². The van der Waals surface area contributed by atoms with Gasteiger partial charge in [-0.3, -0.25) is 18.9 Å².